The summed E-state index contributed by atoms with van der Waals surface area (Å²) in [5.41, 5.74) is 3.16. The average molecular weight is 388 g/mol. The first kappa shape index (κ1) is 18.3. The molecule has 0 atom stereocenters. The third kappa shape index (κ3) is 3.49. The van der Waals surface area contributed by atoms with Crippen LogP contribution in [0.15, 0.2) is 109 Å². The molecule has 143 valence electrons. The van der Waals surface area contributed by atoms with Crippen LogP contribution in [0.3, 0.4) is 0 Å². The van der Waals surface area contributed by atoms with Crippen LogP contribution in [0.5, 0.6) is 5.75 Å². The molecule has 0 aliphatic heterocycles. The number of nitrogens with zero attached hydrogens (tertiary/aromatic N) is 1. The monoisotopic (exact) mass is 388 g/mol. The third-order valence-corrected chi connectivity index (χ3v) is 5.27. The summed E-state index contributed by atoms with van der Waals surface area (Å²) in [5.74, 6) is 0.582. The van der Waals surface area contributed by atoms with Crippen molar-refractivity contribution < 1.29 is 9.68 Å². The van der Waals surface area contributed by atoms with E-state index in [0.29, 0.717) is 13.4 Å². The van der Waals surface area contributed by atoms with Crippen molar-refractivity contribution in [1.82, 2.24) is 0 Å². The van der Waals surface area contributed by atoms with Crippen LogP contribution in [0.2, 0.25) is 0 Å². The van der Waals surface area contributed by atoms with Crippen molar-refractivity contribution in [2.75, 3.05) is 4.90 Å². The number of hydrogen-bond donors (Lipinski definition) is 1. The molecule has 0 spiro atoms. The molecule has 30 heavy (non-hydrogen) atoms. The van der Waals surface area contributed by atoms with Crippen molar-refractivity contribution in [1.29, 1.82) is 0 Å². The van der Waals surface area contributed by atoms with E-state index in [4.69, 9.17) is 9.68 Å². The Morgan fingerprint density at radius 3 is 1.50 bits per heavy atom. The first-order valence-electron chi connectivity index (χ1n) is 9.82. The molecule has 5 aromatic rings. The largest absolute Gasteiger partial charge is 0.569 e. The minimum atomic E-state index is 0.582. The lowest BCUT2D eigenvalue weighted by Gasteiger charge is -2.26. The zero-order valence-corrected chi connectivity index (χ0v) is 16.3. The van der Waals surface area contributed by atoms with Crippen molar-refractivity contribution in [3.63, 3.8) is 0 Å². The molecule has 0 saturated carbocycles. The van der Waals surface area contributed by atoms with Gasteiger partial charge < -0.3 is 14.6 Å². The highest BCUT2D eigenvalue weighted by atomic mass is 16.5. The molecule has 0 amide bonds. The molecule has 5 aromatic carbocycles. The summed E-state index contributed by atoms with van der Waals surface area (Å²) in [7, 11) is 0.694. The molecular weight excluding hydrogens is 369 g/mol. The Labute approximate surface area is 176 Å². The molecule has 0 aliphatic carbocycles. The molecule has 0 saturated heterocycles. The highest BCUT2D eigenvalue weighted by Crippen LogP contribution is 2.37. The molecule has 0 aliphatic rings. The smallest absolute Gasteiger partial charge is 0.537 e. The van der Waals surface area contributed by atoms with E-state index in [1.807, 2.05) is 24.3 Å². The topological polar surface area (TPSA) is 32.7 Å². The standard InChI is InChI=1S/C26H19BNO2/c29-27-30-26-15-13-23(14-16-26)28(24-11-9-19-5-1-3-7-21(19)17-24)25-12-10-20-6-2-4-8-22(20)18-25/h1-18,29H. The van der Waals surface area contributed by atoms with Gasteiger partial charge in [0.15, 0.2) is 0 Å². The van der Waals surface area contributed by atoms with Crippen molar-refractivity contribution in [2.24, 2.45) is 0 Å². The van der Waals surface area contributed by atoms with Gasteiger partial charge in [0.2, 0.25) is 0 Å². The summed E-state index contributed by atoms with van der Waals surface area (Å²) in [6.07, 6.45) is 0. The predicted molar refractivity (Wildman–Crippen MR) is 125 cm³/mol. The molecule has 1 radical (unpaired) electrons. The second kappa shape index (κ2) is 7.93. The van der Waals surface area contributed by atoms with E-state index >= 15 is 0 Å². The zero-order valence-electron chi connectivity index (χ0n) is 16.3. The Bertz CT molecular complexity index is 1240. The van der Waals surface area contributed by atoms with Crippen LogP contribution < -0.4 is 9.55 Å². The predicted octanol–water partition coefficient (Wildman–Crippen LogP) is 6.37. The normalized spacial score (nSPS) is 10.8. The Hall–Kier alpha value is -3.76. The van der Waals surface area contributed by atoms with Crippen LogP contribution in [0.25, 0.3) is 21.5 Å². The lowest BCUT2D eigenvalue weighted by molar-refractivity contribution is 0.454. The second-order valence-electron chi connectivity index (χ2n) is 7.12. The van der Waals surface area contributed by atoms with E-state index in [9.17, 15) is 0 Å². The van der Waals surface area contributed by atoms with Gasteiger partial charge >= 0.3 is 7.69 Å². The molecule has 0 aromatic heterocycles. The number of rotatable bonds is 5. The maximum atomic E-state index is 8.90. The fraction of sp³-hybridized carbons (Fsp3) is 0. The summed E-state index contributed by atoms with van der Waals surface area (Å²) >= 11 is 0. The van der Waals surface area contributed by atoms with Crippen molar-refractivity contribution in [2.45, 2.75) is 0 Å². The summed E-state index contributed by atoms with van der Waals surface area (Å²) in [6.45, 7) is 0. The molecule has 5 rings (SSSR count). The Kier molecular flexibility index (Phi) is 4.84. The van der Waals surface area contributed by atoms with Crippen molar-refractivity contribution in [3.05, 3.63) is 109 Å². The fourth-order valence-electron chi connectivity index (χ4n) is 3.81. The minimum Gasteiger partial charge on any atom is -0.537 e. The molecule has 1 N–H and O–H groups in total. The Balaban J connectivity index is 1.67. The first-order valence-corrected chi connectivity index (χ1v) is 9.82. The van der Waals surface area contributed by atoms with E-state index in [0.717, 1.165) is 17.1 Å². The Morgan fingerprint density at radius 1 is 0.533 bits per heavy atom. The SMILES string of the molecule is O[B]Oc1ccc(N(c2ccc3ccccc3c2)c2ccc3ccccc3c2)cc1. The van der Waals surface area contributed by atoms with Gasteiger partial charge in [-0.2, -0.15) is 0 Å². The van der Waals surface area contributed by atoms with Gasteiger partial charge in [0, 0.05) is 17.1 Å². The zero-order chi connectivity index (χ0) is 20.3. The van der Waals surface area contributed by atoms with E-state index < -0.39 is 0 Å². The van der Waals surface area contributed by atoms with Gasteiger partial charge in [0.05, 0.1) is 0 Å². The average Bonchev–Trinajstić information content (AvgIpc) is 2.80. The molecule has 4 heteroatoms. The van der Waals surface area contributed by atoms with Crippen LogP contribution in [-0.2, 0) is 0 Å². The van der Waals surface area contributed by atoms with Crippen LogP contribution in [0.4, 0.5) is 17.1 Å². The molecule has 0 fully saturated rings. The van der Waals surface area contributed by atoms with Gasteiger partial charge in [-0.3, -0.25) is 0 Å². The number of hydrogen-bond acceptors (Lipinski definition) is 3. The van der Waals surface area contributed by atoms with Crippen LogP contribution >= 0.6 is 0 Å². The van der Waals surface area contributed by atoms with Gasteiger partial charge in [-0.25, -0.2) is 0 Å². The van der Waals surface area contributed by atoms with E-state index in [2.05, 4.69) is 89.8 Å². The van der Waals surface area contributed by atoms with Gasteiger partial charge in [0.25, 0.3) is 0 Å². The Morgan fingerprint density at radius 2 is 1.00 bits per heavy atom. The second-order valence-corrected chi connectivity index (χ2v) is 7.12. The highest BCUT2D eigenvalue weighted by Gasteiger charge is 2.14. The van der Waals surface area contributed by atoms with Crippen LogP contribution in [0.1, 0.15) is 0 Å². The quantitative estimate of drug-likeness (QED) is 0.355. The van der Waals surface area contributed by atoms with Crippen LogP contribution in [-0.4, -0.2) is 12.7 Å². The van der Waals surface area contributed by atoms with Gasteiger partial charge in [-0.15, -0.1) is 0 Å². The molecular formula is C26H19BNO2. The van der Waals surface area contributed by atoms with Gasteiger partial charge in [0.1, 0.15) is 5.75 Å². The minimum absolute atomic E-state index is 0.582. The lowest BCUT2D eigenvalue weighted by atomic mass is 10.1. The number of benzene rings is 5. The number of anilines is 3. The summed E-state index contributed by atoms with van der Waals surface area (Å²) < 4.78 is 5.08. The molecule has 0 unspecified atom stereocenters. The van der Waals surface area contributed by atoms with Gasteiger partial charge in [-0.1, -0.05) is 60.7 Å². The summed E-state index contributed by atoms with van der Waals surface area (Å²) in [4.78, 5) is 2.23. The summed E-state index contributed by atoms with van der Waals surface area (Å²) in [6, 6.07) is 37.4. The van der Waals surface area contributed by atoms with Crippen molar-refractivity contribution in [3.8, 4) is 5.75 Å². The highest BCUT2D eigenvalue weighted by molar-refractivity contribution is 6.17. The maximum absolute atomic E-state index is 8.90. The van der Waals surface area contributed by atoms with Crippen LogP contribution in [0, 0.1) is 0 Å². The molecule has 3 nitrogen and oxygen atoms in total. The third-order valence-electron chi connectivity index (χ3n) is 5.27. The molecule has 0 bridgehead atoms. The fourth-order valence-corrected chi connectivity index (χ4v) is 3.81. The van der Waals surface area contributed by atoms with E-state index in [1.54, 1.807) is 0 Å². The van der Waals surface area contributed by atoms with Gasteiger partial charge in [-0.05, 0) is 70.1 Å². The van der Waals surface area contributed by atoms with E-state index in [1.165, 1.54) is 21.5 Å². The van der Waals surface area contributed by atoms with Crippen molar-refractivity contribution >= 4 is 46.3 Å². The first-order chi connectivity index (χ1) is 14.8. The maximum Gasteiger partial charge on any atom is 0.569 e. The molecule has 0 heterocycles. The summed E-state index contributed by atoms with van der Waals surface area (Å²) in [5, 5.41) is 13.7. The lowest BCUT2D eigenvalue weighted by Crippen LogP contribution is -2.10. The van der Waals surface area contributed by atoms with E-state index in [-0.39, 0.29) is 0 Å². The number of fused-ring (bicyclic) bond motifs is 2.